The highest BCUT2D eigenvalue weighted by Crippen LogP contribution is 2.29. The second-order valence-electron chi connectivity index (χ2n) is 6.16. The third-order valence-corrected chi connectivity index (χ3v) is 4.56. The van der Waals surface area contributed by atoms with Crippen molar-refractivity contribution in [3.05, 3.63) is 0 Å². The number of imide groups is 1. The Kier molecular flexibility index (Phi) is 5.39. The van der Waals surface area contributed by atoms with Crippen molar-refractivity contribution in [3.63, 3.8) is 0 Å². The van der Waals surface area contributed by atoms with Crippen molar-refractivity contribution in [1.29, 1.82) is 0 Å². The number of nitrogens with one attached hydrogen (secondary N) is 1. The SMILES string of the molecule is CCCCN1CCC2(CC1)NC(=O)N(CCCC(=O)O)C2=O. The van der Waals surface area contributed by atoms with E-state index >= 15 is 0 Å². The lowest BCUT2D eigenvalue weighted by Crippen LogP contribution is -2.55. The molecule has 3 amide bonds. The number of carboxylic acid groups (broad SMARTS) is 1. The molecule has 2 fully saturated rings. The van der Waals surface area contributed by atoms with Crippen LogP contribution < -0.4 is 5.32 Å². The number of aliphatic carboxylic acids is 1. The van der Waals surface area contributed by atoms with Crippen LogP contribution in [0.15, 0.2) is 0 Å². The standard InChI is InChI=1S/C15H25N3O4/c1-2-3-8-17-10-6-15(7-11-17)13(21)18(14(22)16-15)9-4-5-12(19)20/h2-11H2,1H3,(H,16,22)(H,19,20). The first kappa shape index (κ1) is 16.7. The van der Waals surface area contributed by atoms with Crippen LogP contribution in [0.25, 0.3) is 0 Å². The number of amides is 3. The number of rotatable bonds is 7. The number of nitrogens with zero attached hydrogens (tertiary/aromatic N) is 2. The van der Waals surface area contributed by atoms with E-state index in [1.54, 1.807) is 0 Å². The van der Waals surface area contributed by atoms with Crippen LogP contribution in [-0.2, 0) is 9.59 Å². The van der Waals surface area contributed by atoms with Gasteiger partial charge in [0.2, 0.25) is 0 Å². The van der Waals surface area contributed by atoms with E-state index in [1.165, 1.54) is 4.90 Å². The van der Waals surface area contributed by atoms with Crippen LogP contribution >= 0.6 is 0 Å². The monoisotopic (exact) mass is 311 g/mol. The summed E-state index contributed by atoms with van der Waals surface area (Å²) in [5.41, 5.74) is -0.761. The van der Waals surface area contributed by atoms with Crippen molar-refractivity contribution in [2.45, 2.75) is 51.0 Å². The molecule has 0 bridgehead atoms. The lowest BCUT2D eigenvalue weighted by Gasteiger charge is -2.37. The Hall–Kier alpha value is -1.63. The highest BCUT2D eigenvalue weighted by molar-refractivity contribution is 6.07. The molecule has 0 radical (unpaired) electrons. The molecule has 0 aromatic heterocycles. The summed E-state index contributed by atoms with van der Waals surface area (Å²) in [5, 5.41) is 11.5. The molecule has 0 aromatic carbocycles. The molecule has 2 rings (SSSR count). The number of carboxylic acids is 1. The van der Waals surface area contributed by atoms with Crippen molar-refractivity contribution in [3.8, 4) is 0 Å². The third-order valence-electron chi connectivity index (χ3n) is 4.56. The predicted molar refractivity (Wildman–Crippen MR) is 80.4 cm³/mol. The fourth-order valence-corrected chi connectivity index (χ4v) is 3.15. The molecule has 2 aliphatic heterocycles. The molecule has 2 N–H and O–H groups in total. The lowest BCUT2D eigenvalue weighted by molar-refractivity contribution is -0.138. The van der Waals surface area contributed by atoms with Crippen LogP contribution in [0.3, 0.4) is 0 Å². The molecule has 0 atom stereocenters. The van der Waals surface area contributed by atoms with Crippen LogP contribution in [0.5, 0.6) is 0 Å². The lowest BCUT2D eigenvalue weighted by atomic mass is 9.87. The minimum absolute atomic E-state index is 0.0329. The molecule has 2 heterocycles. The first-order chi connectivity index (χ1) is 10.5. The van der Waals surface area contributed by atoms with Gasteiger partial charge < -0.3 is 15.3 Å². The molecular weight excluding hydrogens is 286 g/mol. The van der Waals surface area contributed by atoms with Crippen molar-refractivity contribution < 1.29 is 19.5 Å². The number of hydrogen-bond acceptors (Lipinski definition) is 4. The first-order valence-electron chi connectivity index (χ1n) is 8.07. The molecular formula is C15H25N3O4. The van der Waals surface area contributed by atoms with Crippen LogP contribution in [0.4, 0.5) is 4.79 Å². The number of piperidine rings is 1. The van der Waals surface area contributed by atoms with Gasteiger partial charge in [-0.1, -0.05) is 13.3 Å². The van der Waals surface area contributed by atoms with Crippen molar-refractivity contribution in [1.82, 2.24) is 15.1 Å². The van der Waals surface area contributed by atoms with Gasteiger partial charge in [0.05, 0.1) is 0 Å². The van der Waals surface area contributed by atoms with Crippen LogP contribution in [-0.4, -0.2) is 64.5 Å². The molecule has 7 heteroatoms. The summed E-state index contributed by atoms with van der Waals surface area (Å²) >= 11 is 0. The average Bonchev–Trinajstić information content (AvgIpc) is 2.71. The van der Waals surface area contributed by atoms with Crippen LogP contribution in [0.1, 0.15) is 45.4 Å². The Balaban J connectivity index is 1.89. The van der Waals surface area contributed by atoms with E-state index in [-0.39, 0.29) is 24.9 Å². The minimum atomic E-state index is -0.911. The smallest absolute Gasteiger partial charge is 0.325 e. The highest BCUT2D eigenvalue weighted by Gasteiger charge is 2.51. The van der Waals surface area contributed by atoms with Gasteiger partial charge in [-0.15, -0.1) is 0 Å². The third kappa shape index (κ3) is 3.58. The van der Waals surface area contributed by atoms with E-state index in [9.17, 15) is 14.4 Å². The van der Waals surface area contributed by atoms with Gasteiger partial charge in [-0.3, -0.25) is 14.5 Å². The van der Waals surface area contributed by atoms with Gasteiger partial charge in [0.25, 0.3) is 5.91 Å². The Morgan fingerprint density at radius 2 is 1.91 bits per heavy atom. The molecule has 7 nitrogen and oxygen atoms in total. The molecule has 0 aliphatic carbocycles. The fraction of sp³-hybridized carbons (Fsp3) is 0.800. The van der Waals surface area contributed by atoms with Gasteiger partial charge >= 0.3 is 12.0 Å². The van der Waals surface area contributed by atoms with E-state index < -0.39 is 11.5 Å². The van der Waals surface area contributed by atoms with E-state index in [0.29, 0.717) is 19.3 Å². The highest BCUT2D eigenvalue weighted by atomic mass is 16.4. The second-order valence-corrected chi connectivity index (χ2v) is 6.16. The summed E-state index contributed by atoms with van der Waals surface area (Å²) in [4.78, 5) is 38.7. The largest absolute Gasteiger partial charge is 0.481 e. The van der Waals surface area contributed by atoms with Gasteiger partial charge in [0, 0.05) is 26.1 Å². The summed E-state index contributed by atoms with van der Waals surface area (Å²) in [5.74, 6) is -1.09. The number of unbranched alkanes of at least 4 members (excludes halogenated alkanes) is 1. The van der Waals surface area contributed by atoms with Gasteiger partial charge in [-0.05, 0) is 32.2 Å². The van der Waals surface area contributed by atoms with Gasteiger partial charge in [-0.2, -0.15) is 0 Å². The Labute approximate surface area is 130 Å². The molecule has 124 valence electrons. The van der Waals surface area contributed by atoms with E-state index in [4.69, 9.17) is 5.11 Å². The molecule has 22 heavy (non-hydrogen) atoms. The zero-order valence-corrected chi connectivity index (χ0v) is 13.1. The van der Waals surface area contributed by atoms with Crippen molar-refractivity contribution in [2.24, 2.45) is 0 Å². The number of likely N-dealkylation sites (tertiary alicyclic amines) is 1. The molecule has 1 spiro atoms. The molecule has 0 aromatic rings. The average molecular weight is 311 g/mol. The Morgan fingerprint density at radius 3 is 2.50 bits per heavy atom. The maximum atomic E-state index is 12.6. The van der Waals surface area contributed by atoms with Crippen LogP contribution in [0, 0.1) is 0 Å². The summed E-state index contributed by atoms with van der Waals surface area (Å²) in [7, 11) is 0. The van der Waals surface area contributed by atoms with E-state index in [2.05, 4.69) is 17.1 Å². The molecule has 0 unspecified atom stereocenters. The molecule has 2 saturated heterocycles. The minimum Gasteiger partial charge on any atom is -0.481 e. The van der Waals surface area contributed by atoms with Gasteiger partial charge in [0.1, 0.15) is 5.54 Å². The van der Waals surface area contributed by atoms with Gasteiger partial charge in [0.15, 0.2) is 0 Å². The normalized spacial score (nSPS) is 21.4. The van der Waals surface area contributed by atoms with Crippen molar-refractivity contribution in [2.75, 3.05) is 26.2 Å². The van der Waals surface area contributed by atoms with Crippen LogP contribution in [0.2, 0.25) is 0 Å². The summed E-state index contributed by atoms with van der Waals surface area (Å²) < 4.78 is 0. The maximum Gasteiger partial charge on any atom is 0.325 e. The number of urea groups is 1. The topological polar surface area (TPSA) is 90.0 Å². The second kappa shape index (κ2) is 7.09. The Morgan fingerprint density at radius 1 is 1.23 bits per heavy atom. The number of hydrogen-bond donors (Lipinski definition) is 2. The maximum absolute atomic E-state index is 12.6. The summed E-state index contributed by atoms with van der Waals surface area (Å²) in [6.07, 6.45) is 3.83. The van der Waals surface area contributed by atoms with E-state index in [1.807, 2.05) is 0 Å². The van der Waals surface area contributed by atoms with Gasteiger partial charge in [-0.25, -0.2) is 4.79 Å². The number of carbonyl (C=O) groups excluding carboxylic acids is 2. The summed E-state index contributed by atoms with van der Waals surface area (Å²) in [6, 6.07) is -0.377. The summed E-state index contributed by atoms with van der Waals surface area (Å²) in [6.45, 7) is 5.00. The number of carbonyl (C=O) groups is 3. The molecule has 0 saturated carbocycles. The zero-order valence-electron chi connectivity index (χ0n) is 13.1. The first-order valence-corrected chi connectivity index (χ1v) is 8.07. The van der Waals surface area contributed by atoms with Crippen molar-refractivity contribution >= 4 is 17.9 Å². The predicted octanol–water partition coefficient (Wildman–Crippen LogP) is 1.04. The Bertz CT molecular complexity index is 444. The van der Waals surface area contributed by atoms with E-state index in [0.717, 1.165) is 32.5 Å². The molecule has 2 aliphatic rings. The zero-order chi connectivity index (χ0) is 16.2. The fourth-order valence-electron chi connectivity index (χ4n) is 3.15. The quantitative estimate of drug-likeness (QED) is 0.686.